The van der Waals surface area contributed by atoms with Crippen LogP contribution in [0.4, 0.5) is 0 Å². The van der Waals surface area contributed by atoms with Crippen LogP contribution in [0.5, 0.6) is 5.75 Å². The summed E-state index contributed by atoms with van der Waals surface area (Å²) in [6.07, 6.45) is 9.11. The normalized spacial score (nSPS) is 19.7. The molecule has 0 unspecified atom stereocenters. The molecule has 1 aliphatic carbocycles. The molecule has 0 N–H and O–H groups in total. The first-order valence-electron chi connectivity index (χ1n) is 9.30. The lowest BCUT2D eigenvalue weighted by Gasteiger charge is -2.37. The minimum absolute atomic E-state index is 0.0111. The molecule has 4 nitrogen and oxygen atoms in total. The molecule has 3 rings (SSSR count). The number of hydrogen-bond donors (Lipinski definition) is 0. The molecule has 1 aromatic rings. The SMILES string of the molecule is CCOc1ccc(Br)cc1C(=O)C=CN1CCN(C2CCCC2)CC1. The fourth-order valence-corrected chi connectivity index (χ4v) is 4.12. The Balaban J connectivity index is 1.57. The van der Waals surface area contributed by atoms with E-state index in [0.717, 1.165) is 36.7 Å². The number of ketones is 1. The van der Waals surface area contributed by atoms with Gasteiger partial charge in [0.05, 0.1) is 12.2 Å². The predicted octanol–water partition coefficient (Wildman–Crippen LogP) is 4.10. The van der Waals surface area contributed by atoms with Gasteiger partial charge in [0.15, 0.2) is 5.78 Å². The molecule has 0 aromatic heterocycles. The number of piperazine rings is 1. The maximum absolute atomic E-state index is 12.6. The number of hydrogen-bond acceptors (Lipinski definition) is 4. The van der Waals surface area contributed by atoms with Gasteiger partial charge >= 0.3 is 0 Å². The summed E-state index contributed by atoms with van der Waals surface area (Å²) in [6.45, 7) is 6.67. The molecular formula is C20H27BrN2O2. The van der Waals surface area contributed by atoms with E-state index in [0.29, 0.717) is 17.9 Å². The van der Waals surface area contributed by atoms with Crippen molar-refractivity contribution in [2.75, 3.05) is 32.8 Å². The zero-order chi connectivity index (χ0) is 17.6. The number of nitrogens with zero attached hydrogens (tertiary/aromatic N) is 2. The summed E-state index contributed by atoms with van der Waals surface area (Å²) in [4.78, 5) is 17.5. The smallest absolute Gasteiger partial charge is 0.191 e. The Morgan fingerprint density at radius 1 is 1.24 bits per heavy atom. The first kappa shape index (κ1) is 18.5. The van der Waals surface area contributed by atoms with E-state index in [-0.39, 0.29) is 5.78 Å². The summed E-state index contributed by atoms with van der Waals surface area (Å²) >= 11 is 3.43. The second-order valence-electron chi connectivity index (χ2n) is 6.76. The molecule has 1 heterocycles. The van der Waals surface area contributed by atoms with Gasteiger partial charge < -0.3 is 9.64 Å². The second-order valence-corrected chi connectivity index (χ2v) is 7.68. The van der Waals surface area contributed by atoms with Crippen molar-refractivity contribution in [3.05, 3.63) is 40.5 Å². The summed E-state index contributed by atoms with van der Waals surface area (Å²) in [7, 11) is 0. The lowest BCUT2D eigenvalue weighted by molar-refractivity contribution is 0.103. The van der Waals surface area contributed by atoms with Crippen LogP contribution in [0.1, 0.15) is 43.0 Å². The summed E-state index contributed by atoms with van der Waals surface area (Å²) < 4.78 is 6.47. The Bertz CT molecular complexity index is 618. The fourth-order valence-electron chi connectivity index (χ4n) is 3.76. The molecule has 1 aliphatic heterocycles. The zero-order valence-electron chi connectivity index (χ0n) is 14.9. The molecular weight excluding hydrogens is 380 g/mol. The topological polar surface area (TPSA) is 32.8 Å². The molecule has 0 spiro atoms. The minimum Gasteiger partial charge on any atom is -0.493 e. The predicted molar refractivity (Wildman–Crippen MR) is 104 cm³/mol. The Hall–Kier alpha value is -1.33. The molecule has 25 heavy (non-hydrogen) atoms. The van der Waals surface area contributed by atoms with Crippen molar-refractivity contribution in [1.29, 1.82) is 0 Å². The number of ether oxygens (including phenoxy) is 1. The standard InChI is InChI=1S/C20H27BrN2O2/c1-2-25-20-8-7-16(21)15-18(20)19(24)9-10-22-11-13-23(14-12-22)17-5-3-4-6-17/h7-10,15,17H,2-6,11-14H2,1H3. The molecule has 5 heteroatoms. The van der Waals surface area contributed by atoms with Gasteiger partial charge in [-0.1, -0.05) is 28.8 Å². The highest BCUT2D eigenvalue weighted by molar-refractivity contribution is 9.10. The van der Waals surface area contributed by atoms with Crippen LogP contribution in [0.3, 0.4) is 0 Å². The van der Waals surface area contributed by atoms with Gasteiger partial charge in [0.25, 0.3) is 0 Å². The Morgan fingerprint density at radius 3 is 2.64 bits per heavy atom. The van der Waals surface area contributed by atoms with Gasteiger partial charge in [-0.3, -0.25) is 9.69 Å². The van der Waals surface area contributed by atoms with E-state index in [1.54, 1.807) is 6.08 Å². The van der Waals surface area contributed by atoms with Gasteiger partial charge in [0.1, 0.15) is 5.75 Å². The van der Waals surface area contributed by atoms with Crippen LogP contribution < -0.4 is 4.74 Å². The van der Waals surface area contributed by atoms with E-state index < -0.39 is 0 Å². The molecule has 136 valence electrons. The van der Waals surface area contributed by atoms with Crippen molar-refractivity contribution in [1.82, 2.24) is 9.80 Å². The Kier molecular flexibility index (Phi) is 6.54. The molecule has 2 fully saturated rings. The fraction of sp³-hybridized carbons (Fsp3) is 0.550. The van der Waals surface area contributed by atoms with Crippen LogP contribution in [0, 0.1) is 0 Å². The minimum atomic E-state index is -0.0111. The van der Waals surface area contributed by atoms with Crippen LogP contribution in [0.2, 0.25) is 0 Å². The highest BCUT2D eigenvalue weighted by atomic mass is 79.9. The lowest BCUT2D eigenvalue weighted by Crippen LogP contribution is -2.47. The molecule has 0 bridgehead atoms. The zero-order valence-corrected chi connectivity index (χ0v) is 16.5. The largest absolute Gasteiger partial charge is 0.493 e. The van der Waals surface area contributed by atoms with Crippen molar-refractivity contribution in [3.63, 3.8) is 0 Å². The average molecular weight is 407 g/mol. The Labute approximate surface area is 159 Å². The van der Waals surface area contributed by atoms with E-state index in [4.69, 9.17) is 4.74 Å². The molecule has 1 saturated heterocycles. The van der Waals surface area contributed by atoms with Gasteiger partial charge in [-0.25, -0.2) is 0 Å². The molecule has 0 amide bonds. The van der Waals surface area contributed by atoms with Crippen LogP contribution >= 0.6 is 15.9 Å². The van der Waals surface area contributed by atoms with E-state index in [9.17, 15) is 4.79 Å². The van der Waals surface area contributed by atoms with Crippen LogP contribution in [-0.2, 0) is 0 Å². The van der Waals surface area contributed by atoms with Crippen molar-refractivity contribution in [2.24, 2.45) is 0 Å². The van der Waals surface area contributed by atoms with E-state index >= 15 is 0 Å². The number of halogens is 1. The van der Waals surface area contributed by atoms with Crippen LogP contribution in [0.25, 0.3) is 0 Å². The molecule has 2 aliphatic rings. The molecule has 1 aromatic carbocycles. The Morgan fingerprint density at radius 2 is 1.96 bits per heavy atom. The maximum Gasteiger partial charge on any atom is 0.191 e. The van der Waals surface area contributed by atoms with E-state index in [1.165, 1.54) is 25.7 Å². The quantitative estimate of drug-likeness (QED) is 0.525. The summed E-state index contributed by atoms with van der Waals surface area (Å²) in [5.74, 6) is 0.634. The van der Waals surface area contributed by atoms with Crippen molar-refractivity contribution < 1.29 is 9.53 Å². The van der Waals surface area contributed by atoms with Gasteiger partial charge in [0.2, 0.25) is 0 Å². The van der Waals surface area contributed by atoms with Gasteiger partial charge in [-0.2, -0.15) is 0 Å². The second kappa shape index (κ2) is 8.86. The number of carbonyl (C=O) groups excluding carboxylic acids is 1. The lowest BCUT2D eigenvalue weighted by atomic mass is 10.1. The summed E-state index contributed by atoms with van der Waals surface area (Å²) in [5, 5.41) is 0. The van der Waals surface area contributed by atoms with Crippen LogP contribution in [-0.4, -0.2) is 54.4 Å². The number of benzene rings is 1. The third-order valence-electron chi connectivity index (χ3n) is 5.13. The third kappa shape index (κ3) is 4.85. The number of carbonyl (C=O) groups is 1. The first-order chi connectivity index (χ1) is 12.2. The van der Waals surface area contributed by atoms with E-state index in [2.05, 4.69) is 25.7 Å². The van der Waals surface area contributed by atoms with Crippen molar-refractivity contribution in [3.8, 4) is 5.75 Å². The first-order valence-corrected chi connectivity index (χ1v) is 10.1. The van der Waals surface area contributed by atoms with Crippen molar-refractivity contribution >= 4 is 21.7 Å². The monoisotopic (exact) mass is 406 g/mol. The molecule has 1 saturated carbocycles. The number of rotatable bonds is 6. The summed E-state index contributed by atoms with van der Waals surface area (Å²) in [5.41, 5.74) is 0.608. The van der Waals surface area contributed by atoms with E-state index in [1.807, 2.05) is 31.3 Å². The van der Waals surface area contributed by atoms with Crippen molar-refractivity contribution in [2.45, 2.75) is 38.6 Å². The molecule has 0 atom stereocenters. The third-order valence-corrected chi connectivity index (χ3v) is 5.63. The highest BCUT2D eigenvalue weighted by Crippen LogP contribution is 2.25. The summed E-state index contributed by atoms with van der Waals surface area (Å²) in [6, 6.07) is 6.36. The molecule has 0 radical (unpaired) electrons. The highest BCUT2D eigenvalue weighted by Gasteiger charge is 2.25. The maximum atomic E-state index is 12.6. The van der Waals surface area contributed by atoms with Gasteiger partial charge in [0, 0.05) is 49.0 Å². The van der Waals surface area contributed by atoms with Gasteiger partial charge in [-0.05, 0) is 38.0 Å². The van der Waals surface area contributed by atoms with Gasteiger partial charge in [-0.15, -0.1) is 0 Å². The average Bonchev–Trinajstić information content (AvgIpc) is 3.16. The number of allylic oxidation sites excluding steroid dienone is 1. The van der Waals surface area contributed by atoms with Crippen LogP contribution in [0.15, 0.2) is 34.9 Å².